The molecule has 3 aromatic rings. The number of hydrogen-bond donors (Lipinski definition) is 0. The van der Waals surface area contributed by atoms with Gasteiger partial charge in [-0.05, 0) is 48.4 Å². The summed E-state index contributed by atoms with van der Waals surface area (Å²) in [5, 5.41) is 8.10. The van der Waals surface area contributed by atoms with Gasteiger partial charge in [0.15, 0.2) is 0 Å². The van der Waals surface area contributed by atoms with Crippen LogP contribution in [0.3, 0.4) is 0 Å². The zero-order chi connectivity index (χ0) is 19.5. The monoisotopic (exact) mass is 370 g/mol. The van der Waals surface area contributed by atoms with Gasteiger partial charge in [-0.15, -0.1) is 0 Å². The number of benzene rings is 3. The van der Waals surface area contributed by atoms with Gasteiger partial charge in [0.05, 0.1) is 23.6 Å². The quantitative estimate of drug-likeness (QED) is 0.562. The summed E-state index contributed by atoms with van der Waals surface area (Å²) in [6.07, 6.45) is 2.83. The SMILES string of the molecule is CCCOc1ccc2ccccc2c1/C=C1/C(=O)N(c2ccccc2)N=C1C. The largest absolute Gasteiger partial charge is 0.493 e. The van der Waals surface area contributed by atoms with E-state index in [1.165, 1.54) is 5.01 Å². The molecule has 1 aliphatic heterocycles. The first-order chi connectivity index (χ1) is 13.7. The Morgan fingerprint density at radius 3 is 2.54 bits per heavy atom. The molecule has 0 saturated carbocycles. The molecule has 3 aromatic carbocycles. The van der Waals surface area contributed by atoms with Crippen molar-refractivity contribution in [3.63, 3.8) is 0 Å². The standard InChI is InChI=1S/C24H22N2O2/c1-3-15-28-23-14-13-18-9-7-8-12-20(18)22(23)16-21-17(2)25-26(24(21)27)19-10-5-4-6-11-19/h4-14,16H,3,15H2,1-2H3/b21-16+. The fraction of sp³-hybridized carbons (Fsp3) is 0.167. The predicted molar refractivity (Wildman–Crippen MR) is 115 cm³/mol. The van der Waals surface area contributed by atoms with Gasteiger partial charge in [-0.1, -0.05) is 55.5 Å². The number of amides is 1. The Bertz CT molecular complexity index is 1080. The van der Waals surface area contributed by atoms with Crippen molar-refractivity contribution < 1.29 is 9.53 Å². The van der Waals surface area contributed by atoms with E-state index in [0.717, 1.165) is 34.2 Å². The highest BCUT2D eigenvalue weighted by Crippen LogP contribution is 2.32. The summed E-state index contributed by atoms with van der Waals surface area (Å²) in [6.45, 7) is 4.57. The third kappa shape index (κ3) is 3.29. The number of nitrogens with zero attached hydrogens (tertiary/aromatic N) is 2. The molecule has 1 aliphatic rings. The Labute approximate surface area is 164 Å². The highest BCUT2D eigenvalue weighted by atomic mass is 16.5. The average Bonchev–Trinajstić information content (AvgIpc) is 3.02. The van der Waals surface area contributed by atoms with Crippen LogP contribution in [-0.4, -0.2) is 18.2 Å². The Morgan fingerprint density at radius 2 is 1.75 bits per heavy atom. The van der Waals surface area contributed by atoms with Gasteiger partial charge in [-0.2, -0.15) is 10.1 Å². The van der Waals surface area contributed by atoms with Crippen molar-refractivity contribution in [1.82, 2.24) is 0 Å². The molecule has 0 aromatic heterocycles. The van der Waals surface area contributed by atoms with Crippen molar-refractivity contribution in [2.24, 2.45) is 5.10 Å². The van der Waals surface area contributed by atoms with Crippen molar-refractivity contribution in [3.8, 4) is 5.75 Å². The molecular weight excluding hydrogens is 348 g/mol. The highest BCUT2D eigenvalue weighted by Gasteiger charge is 2.29. The summed E-state index contributed by atoms with van der Waals surface area (Å²) in [5.74, 6) is 0.657. The summed E-state index contributed by atoms with van der Waals surface area (Å²) in [4.78, 5) is 13.1. The lowest BCUT2D eigenvalue weighted by atomic mass is 9.99. The molecule has 0 N–H and O–H groups in total. The number of ether oxygens (including phenoxy) is 1. The van der Waals surface area contributed by atoms with Crippen LogP contribution in [0.1, 0.15) is 25.8 Å². The first-order valence-corrected chi connectivity index (χ1v) is 9.50. The second kappa shape index (κ2) is 7.69. The first kappa shape index (κ1) is 18.0. The molecule has 1 amide bonds. The van der Waals surface area contributed by atoms with E-state index < -0.39 is 0 Å². The fourth-order valence-corrected chi connectivity index (χ4v) is 3.34. The number of fused-ring (bicyclic) bond motifs is 1. The number of hydrazone groups is 1. The lowest BCUT2D eigenvalue weighted by Gasteiger charge is -2.13. The van der Waals surface area contributed by atoms with Gasteiger partial charge in [0.2, 0.25) is 0 Å². The van der Waals surface area contributed by atoms with Gasteiger partial charge < -0.3 is 4.74 Å². The van der Waals surface area contributed by atoms with Crippen LogP contribution in [0.5, 0.6) is 5.75 Å². The van der Waals surface area contributed by atoms with Gasteiger partial charge in [0.25, 0.3) is 5.91 Å². The van der Waals surface area contributed by atoms with Crippen molar-refractivity contribution in [3.05, 3.63) is 77.9 Å². The topological polar surface area (TPSA) is 41.9 Å². The zero-order valence-electron chi connectivity index (χ0n) is 16.1. The van der Waals surface area contributed by atoms with Crippen molar-refractivity contribution in [2.45, 2.75) is 20.3 Å². The van der Waals surface area contributed by atoms with E-state index in [1.54, 1.807) is 0 Å². The Hall–Kier alpha value is -3.40. The minimum Gasteiger partial charge on any atom is -0.493 e. The molecule has 0 unspecified atom stereocenters. The third-order valence-corrected chi connectivity index (χ3v) is 4.74. The molecule has 0 saturated heterocycles. The van der Waals surface area contributed by atoms with E-state index in [4.69, 9.17) is 4.74 Å². The van der Waals surface area contributed by atoms with E-state index in [-0.39, 0.29) is 5.91 Å². The van der Waals surface area contributed by atoms with Gasteiger partial charge in [0, 0.05) is 5.56 Å². The van der Waals surface area contributed by atoms with Gasteiger partial charge >= 0.3 is 0 Å². The van der Waals surface area contributed by atoms with Crippen LogP contribution in [0.2, 0.25) is 0 Å². The molecule has 4 nitrogen and oxygen atoms in total. The zero-order valence-corrected chi connectivity index (χ0v) is 16.1. The molecule has 0 atom stereocenters. The molecule has 0 aliphatic carbocycles. The average molecular weight is 370 g/mol. The predicted octanol–water partition coefficient (Wildman–Crippen LogP) is 5.43. The van der Waals surface area contributed by atoms with Crippen LogP contribution >= 0.6 is 0 Å². The van der Waals surface area contributed by atoms with Crippen LogP contribution in [-0.2, 0) is 4.79 Å². The molecule has 4 rings (SSSR count). The minimum absolute atomic E-state index is 0.127. The number of anilines is 1. The van der Waals surface area contributed by atoms with E-state index in [2.05, 4.69) is 30.2 Å². The minimum atomic E-state index is -0.127. The maximum atomic E-state index is 13.1. The van der Waals surface area contributed by atoms with E-state index in [0.29, 0.717) is 17.9 Å². The molecule has 0 bridgehead atoms. The number of rotatable bonds is 5. The number of hydrogen-bond acceptors (Lipinski definition) is 3. The van der Waals surface area contributed by atoms with Crippen molar-refractivity contribution in [1.29, 1.82) is 0 Å². The van der Waals surface area contributed by atoms with E-state index >= 15 is 0 Å². The molecule has 28 heavy (non-hydrogen) atoms. The lowest BCUT2D eigenvalue weighted by Crippen LogP contribution is -2.21. The molecule has 0 fully saturated rings. The Kier molecular flexibility index (Phi) is 4.94. The van der Waals surface area contributed by atoms with E-state index in [1.807, 2.05) is 61.5 Å². The first-order valence-electron chi connectivity index (χ1n) is 9.50. The van der Waals surface area contributed by atoms with Crippen LogP contribution in [0, 0.1) is 0 Å². The number of carbonyl (C=O) groups excluding carboxylic acids is 1. The van der Waals surface area contributed by atoms with Crippen molar-refractivity contribution >= 4 is 34.2 Å². The molecule has 0 spiro atoms. The molecule has 0 radical (unpaired) electrons. The molecule has 1 heterocycles. The summed E-state index contributed by atoms with van der Waals surface area (Å²) >= 11 is 0. The summed E-state index contributed by atoms with van der Waals surface area (Å²) < 4.78 is 5.98. The smallest absolute Gasteiger partial charge is 0.280 e. The van der Waals surface area contributed by atoms with Gasteiger partial charge in [-0.25, -0.2) is 0 Å². The second-order valence-corrected chi connectivity index (χ2v) is 6.74. The molecule has 140 valence electrons. The Morgan fingerprint density at radius 1 is 1.00 bits per heavy atom. The lowest BCUT2D eigenvalue weighted by molar-refractivity contribution is -0.114. The summed E-state index contributed by atoms with van der Waals surface area (Å²) in [5.41, 5.74) is 2.96. The van der Waals surface area contributed by atoms with E-state index in [9.17, 15) is 4.79 Å². The second-order valence-electron chi connectivity index (χ2n) is 6.74. The highest BCUT2D eigenvalue weighted by molar-refractivity contribution is 6.32. The van der Waals surface area contributed by atoms with Crippen LogP contribution in [0.4, 0.5) is 5.69 Å². The Balaban J connectivity index is 1.81. The maximum Gasteiger partial charge on any atom is 0.280 e. The summed E-state index contributed by atoms with van der Waals surface area (Å²) in [7, 11) is 0. The van der Waals surface area contributed by atoms with Crippen molar-refractivity contribution in [2.75, 3.05) is 11.6 Å². The van der Waals surface area contributed by atoms with Crippen LogP contribution in [0.15, 0.2) is 77.4 Å². The fourth-order valence-electron chi connectivity index (χ4n) is 3.34. The summed E-state index contributed by atoms with van der Waals surface area (Å²) in [6, 6.07) is 21.6. The number of para-hydroxylation sites is 1. The van der Waals surface area contributed by atoms with Gasteiger partial charge in [0.1, 0.15) is 5.75 Å². The molecule has 4 heteroatoms. The van der Waals surface area contributed by atoms with Crippen LogP contribution in [0.25, 0.3) is 16.8 Å². The molecular formula is C24H22N2O2. The normalized spacial score (nSPS) is 15.4. The third-order valence-electron chi connectivity index (χ3n) is 4.74. The van der Waals surface area contributed by atoms with Crippen LogP contribution < -0.4 is 9.75 Å². The number of carbonyl (C=O) groups is 1. The van der Waals surface area contributed by atoms with Gasteiger partial charge in [-0.3, -0.25) is 4.79 Å². The maximum absolute atomic E-state index is 13.1.